The van der Waals surface area contributed by atoms with E-state index in [0.717, 1.165) is 37.5 Å². The largest absolute Gasteiger partial charge is 0.494 e. The standard InChI is InChI=1S/C22H25N3O3/c1-28-17-4-2-3-13-5-6-16(24-19(13)17)20(26)25-18-14-7-12-8-15(18)11-22(9-12,10-14)21(23)27/h2-6,12,14-15,18H,7-11H2,1H3,(H2,23,27)(H,25,26). The SMILES string of the molecule is COc1cccc2ccc(C(=O)NC3C4CC5CC3CC(C(N)=O)(C5)C4)nc12. The zero-order valence-corrected chi connectivity index (χ0v) is 16.0. The second kappa shape index (κ2) is 6.19. The number of nitrogens with two attached hydrogens (primary N) is 1. The summed E-state index contributed by atoms with van der Waals surface area (Å²) < 4.78 is 5.38. The van der Waals surface area contributed by atoms with Crippen LogP contribution in [0.2, 0.25) is 0 Å². The number of aromatic nitrogens is 1. The summed E-state index contributed by atoms with van der Waals surface area (Å²) in [5.74, 6) is 1.58. The van der Waals surface area contributed by atoms with Crippen LogP contribution in [0, 0.1) is 23.2 Å². The number of pyridine rings is 1. The van der Waals surface area contributed by atoms with Crippen molar-refractivity contribution in [2.45, 2.75) is 38.1 Å². The molecule has 4 fully saturated rings. The topological polar surface area (TPSA) is 94.3 Å². The van der Waals surface area contributed by atoms with Gasteiger partial charge in [0.1, 0.15) is 17.0 Å². The summed E-state index contributed by atoms with van der Waals surface area (Å²) in [6, 6.07) is 9.47. The number of methoxy groups -OCH3 is 1. The van der Waals surface area contributed by atoms with Crippen LogP contribution in [0.15, 0.2) is 30.3 Å². The lowest BCUT2D eigenvalue weighted by molar-refractivity contribution is -0.145. The Morgan fingerprint density at radius 2 is 1.89 bits per heavy atom. The fraction of sp³-hybridized carbons (Fsp3) is 0.500. The average Bonchev–Trinajstić information content (AvgIpc) is 2.69. The van der Waals surface area contributed by atoms with E-state index in [0.29, 0.717) is 34.7 Å². The van der Waals surface area contributed by atoms with Gasteiger partial charge in [0, 0.05) is 16.8 Å². The quantitative estimate of drug-likeness (QED) is 0.854. The summed E-state index contributed by atoms with van der Waals surface area (Å²) in [6.45, 7) is 0. The van der Waals surface area contributed by atoms with Crippen LogP contribution in [-0.2, 0) is 4.79 Å². The first-order valence-corrected chi connectivity index (χ1v) is 10.0. The molecule has 0 saturated heterocycles. The van der Waals surface area contributed by atoms with Crippen LogP contribution in [0.1, 0.15) is 42.6 Å². The van der Waals surface area contributed by atoms with E-state index in [1.165, 1.54) is 0 Å². The number of hydrogen-bond donors (Lipinski definition) is 2. The third-order valence-corrected chi connectivity index (χ3v) is 7.23. The fourth-order valence-corrected chi connectivity index (χ4v) is 6.20. The number of nitrogens with one attached hydrogen (secondary N) is 1. The van der Waals surface area contributed by atoms with Crippen LogP contribution in [0.25, 0.3) is 10.9 Å². The second-order valence-corrected chi connectivity index (χ2v) is 8.84. The zero-order valence-electron chi connectivity index (χ0n) is 16.0. The Balaban J connectivity index is 1.39. The van der Waals surface area contributed by atoms with Gasteiger partial charge in [-0.1, -0.05) is 18.2 Å². The van der Waals surface area contributed by atoms with Gasteiger partial charge >= 0.3 is 0 Å². The molecule has 0 spiro atoms. The third-order valence-electron chi connectivity index (χ3n) is 7.23. The van der Waals surface area contributed by atoms with E-state index < -0.39 is 0 Å². The molecular formula is C22H25N3O3. The van der Waals surface area contributed by atoms with Crippen molar-refractivity contribution in [3.05, 3.63) is 36.0 Å². The van der Waals surface area contributed by atoms with Crippen molar-refractivity contribution in [1.29, 1.82) is 0 Å². The lowest BCUT2D eigenvalue weighted by atomic mass is 9.47. The van der Waals surface area contributed by atoms with Gasteiger partial charge in [-0.2, -0.15) is 0 Å². The number of fused-ring (bicyclic) bond motifs is 1. The van der Waals surface area contributed by atoms with E-state index in [9.17, 15) is 9.59 Å². The van der Waals surface area contributed by atoms with Crippen LogP contribution in [0.3, 0.4) is 0 Å². The molecule has 28 heavy (non-hydrogen) atoms. The van der Waals surface area contributed by atoms with Crippen LogP contribution in [0.5, 0.6) is 5.75 Å². The van der Waals surface area contributed by atoms with Gasteiger partial charge in [-0.25, -0.2) is 4.98 Å². The minimum atomic E-state index is -0.341. The van der Waals surface area contributed by atoms with Crippen molar-refractivity contribution >= 4 is 22.7 Å². The number of primary amides is 1. The van der Waals surface area contributed by atoms with Crippen LogP contribution < -0.4 is 15.8 Å². The predicted molar refractivity (Wildman–Crippen MR) is 105 cm³/mol. The van der Waals surface area contributed by atoms with E-state index in [4.69, 9.17) is 10.5 Å². The lowest BCUT2D eigenvalue weighted by Crippen LogP contribution is -2.62. The molecule has 146 valence electrons. The number of carbonyl (C=O) groups is 2. The van der Waals surface area contributed by atoms with Gasteiger partial charge in [-0.3, -0.25) is 9.59 Å². The van der Waals surface area contributed by atoms with Gasteiger partial charge in [-0.05, 0) is 62.0 Å². The molecule has 2 aromatic rings. The summed E-state index contributed by atoms with van der Waals surface area (Å²) in [5.41, 5.74) is 6.51. The minimum Gasteiger partial charge on any atom is -0.494 e. The number of carbonyl (C=O) groups excluding carboxylic acids is 2. The van der Waals surface area contributed by atoms with E-state index in [-0.39, 0.29) is 23.3 Å². The summed E-state index contributed by atoms with van der Waals surface area (Å²) in [4.78, 5) is 29.6. The molecule has 4 aliphatic carbocycles. The Morgan fingerprint density at radius 3 is 2.57 bits per heavy atom. The average molecular weight is 379 g/mol. The Morgan fingerprint density at radius 1 is 1.14 bits per heavy atom. The summed E-state index contributed by atoms with van der Waals surface area (Å²) >= 11 is 0. The Bertz CT molecular complexity index is 957. The maximum Gasteiger partial charge on any atom is 0.270 e. The van der Waals surface area contributed by atoms with Gasteiger partial charge in [0.25, 0.3) is 5.91 Å². The number of amides is 2. The Hall–Kier alpha value is -2.63. The van der Waals surface area contributed by atoms with Crippen molar-refractivity contribution in [3.8, 4) is 5.75 Å². The van der Waals surface area contributed by atoms with Gasteiger partial charge < -0.3 is 15.8 Å². The number of para-hydroxylation sites is 1. The first-order chi connectivity index (χ1) is 13.5. The zero-order chi connectivity index (χ0) is 19.5. The van der Waals surface area contributed by atoms with Gasteiger partial charge in [0.15, 0.2) is 0 Å². The lowest BCUT2D eigenvalue weighted by Gasteiger charge is -2.58. The highest BCUT2D eigenvalue weighted by molar-refractivity contribution is 5.96. The molecule has 2 atom stereocenters. The molecule has 2 amide bonds. The molecule has 4 saturated carbocycles. The number of ether oxygens (including phenoxy) is 1. The van der Waals surface area contributed by atoms with Crippen LogP contribution in [0.4, 0.5) is 0 Å². The summed E-state index contributed by atoms with van der Waals surface area (Å²) in [7, 11) is 1.60. The van der Waals surface area contributed by atoms with Gasteiger partial charge in [-0.15, -0.1) is 0 Å². The molecule has 2 unspecified atom stereocenters. The molecule has 4 aliphatic rings. The minimum absolute atomic E-state index is 0.103. The fourth-order valence-electron chi connectivity index (χ4n) is 6.20. The number of rotatable bonds is 4. The Kier molecular flexibility index (Phi) is 3.86. The number of benzene rings is 1. The van der Waals surface area contributed by atoms with E-state index in [1.807, 2.05) is 24.3 Å². The molecule has 0 aliphatic heterocycles. The first-order valence-electron chi connectivity index (χ1n) is 10.0. The van der Waals surface area contributed by atoms with E-state index in [2.05, 4.69) is 10.3 Å². The summed E-state index contributed by atoms with van der Waals surface area (Å²) in [5, 5.41) is 4.18. The first kappa shape index (κ1) is 17.5. The smallest absolute Gasteiger partial charge is 0.270 e. The molecule has 6 rings (SSSR count). The normalized spacial score (nSPS) is 33.0. The molecule has 0 radical (unpaired) electrons. The van der Waals surface area contributed by atoms with Gasteiger partial charge in [0.2, 0.25) is 5.91 Å². The highest BCUT2D eigenvalue weighted by Gasteiger charge is 2.58. The maximum atomic E-state index is 13.0. The number of nitrogens with zero attached hydrogens (tertiary/aromatic N) is 1. The van der Waals surface area contributed by atoms with Crippen molar-refractivity contribution in [3.63, 3.8) is 0 Å². The van der Waals surface area contributed by atoms with Crippen LogP contribution >= 0.6 is 0 Å². The predicted octanol–water partition coefficient (Wildman–Crippen LogP) is 2.65. The van der Waals surface area contributed by atoms with E-state index >= 15 is 0 Å². The van der Waals surface area contributed by atoms with Gasteiger partial charge in [0.05, 0.1) is 7.11 Å². The Labute approximate surface area is 163 Å². The maximum absolute atomic E-state index is 13.0. The van der Waals surface area contributed by atoms with Crippen LogP contribution in [-0.4, -0.2) is 29.9 Å². The molecule has 1 aromatic heterocycles. The monoisotopic (exact) mass is 379 g/mol. The van der Waals surface area contributed by atoms with Crippen molar-refractivity contribution in [1.82, 2.24) is 10.3 Å². The summed E-state index contributed by atoms with van der Waals surface area (Å²) in [6.07, 6.45) is 4.70. The molecule has 6 heteroatoms. The second-order valence-electron chi connectivity index (χ2n) is 8.84. The molecule has 4 bridgehead atoms. The highest BCUT2D eigenvalue weighted by atomic mass is 16.5. The molecule has 6 nitrogen and oxygen atoms in total. The van der Waals surface area contributed by atoms with Crippen molar-refractivity contribution < 1.29 is 14.3 Å². The van der Waals surface area contributed by atoms with E-state index in [1.54, 1.807) is 13.2 Å². The highest BCUT2D eigenvalue weighted by Crippen LogP contribution is 2.59. The molecule has 3 N–H and O–H groups in total. The number of hydrogen-bond acceptors (Lipinski definition) is 4. The molecule has 1 aromatic carbocycles. The molecular weight excluding hydrogens is 354 g/mol. The van der Waals surface area contributed by atoms with Crippen molar-refractivity contribution in [2.24, 2.45) is 28.9 Å². The van der Waals surface area contributed by atoms with Crippen molar-refractivity contribution in [2.75, 3.05) is 7.11 Å². The molecule has 1 heterocycles. The third kappa shape index (κ3) is 2.58.